The smallest absolute Gasteiger partial charge is 0.331 e. The molecule has 288 valence electrons. The summed E-state index contributed by atoms with van der Waals surface area (Å²) in [5.74, 6) is -2.03. The maximum absolute atomic E-state index is 13.4. The van der Waals surface area contributed by atoms with E-state index in [-0.39, 0.29) is 91.3 Å². The number of rotatable bonds is 11. The number of fused-ring (bicyclic) bond motifs is 2. The van der Waals surface area contributed by atoms with Crippen LogP contribution in [-0.2, 0) is 42.7 Å². The number of hydrogen-bond acceptors (Lipinski definition) is 14. The molecule has 3 fully saturated rings. The van der Waals surface area contributed by atoms with E-state index in [1.807, 2.05) is 6.92 Å². The summed E-state index contributed by atoms with van der Waals surface area (Å²) in [6, 6.07) is 7.80. The van der Waals surface area contributed by atoms with Gasteiger partial charge in [0, 0.05) is 37.5 Å². The van der Waals surface area contributed by atoms with E-state index >= 15 is 0 Å². The average molecular weight is 741 g/mol. The molecule has 3 saturated heterocycles. The first-order chi connectivity index (χ1) is 25.2. The normalized spacial score (nSPS) is 29.2. The maximum Gasteiger partial charge on any atom is 0.331 e. The maximum atomic E-state index is 13.4. The Kier molecular flexibility index (Phi) is 11.6. The van der Waals surface area contributed by atoms with E-state index in [2.05, 4.69) is 6.58 Å². The predicted octanol–water partition coefficient (Wildman–Crippen LogP) is 5.17. The van der Waals surface area contributed by atoms with Gasteiger partial charge in [0.15, 0.2) is 11.6 Å². The van der Waals surface area contributed by atoms with Crippen LogP contribution in [0.2, 0.25) is 0 Å². The highest BCUT2D eigenvalue weighted by molar-refractivity contribution is 6.02. The van der Waals surface area contributed by atoms with Crippen LogP contribution in [0.15, 0.2) is 42.5 Å². The molecule has 2 aromatic carbocycles. The first kappa shape index (κ1) is 38.5. The first-order valence-electron chi connectivity index (χ1n) is 17.9. The lowest BCUT2D eigenvalue weighted by atomic mass is 9.89. The third kappa shape index (κ3) is 9.13. The van der Waals surface area contributed by atoms with Crippen molar-refractivity contribution in [2.45, 2.75) is 114 Å². The third-order valence-corrected chi connectivity index (χ3v) is 9.85. The summed E-state index contributed by atoms with van der Waals surface area (Å²) in [4.78, 5) is 36.9. The molecule has 14 heteroatoms. The van der Waals surface area contributed by atoms with Gasteiger partial charge in [0.25, 0.3) is 0 Å². The number of phenols is 2. The Bertz CT molecular complexity index is 1700. The Morgan fingerprint density at radius 3 is 2.57 bits per heavy atom. The molecule has 0 aromatic heterocycles. The van der Waals surface area contributed by atoms with Gasteiger partial charge in [-0.05, 0) is 56.9 Å². The molecule has 14 nitrogen and oxygen atoms in total. The number of hydrogen-bond donors (Lipinski definition) is 2. The largest absolute Gasteiger partial charge is 0.508 e. The first-order valence-corrected chi connectivity index (χ1v) is 17.9. The van der Waals surface area contributed by atoms with Crippen molar-refractivity contribution in [2.24, 2.45) is 0 Å². The van der Waals surface area contributed by atoms with Crippen LogP contribution in [0.25, 0.3) is 0 Å². The summed E-state index contributed by atoms with van der Waals surface area (Å²) in [5, 5.41) is 21.9. The summed E-state index contributed by atoms with van der Waals surface area (Å²) in [6.45, 7) is 11.0. The number of aromatic hydroxyl groups is 2. The van der Waals surface area contributed by atoms with E-state index in [1.165, 1.54) is 26.2 Å². The molecule has 4 aliphatic rings. The molecular formula is C39H48O14. The molecule has 0 radical (unpaired) electrons. The van der Waals surface area contributed by atoms with Crippen molar-refractivity contribution in [1.82, 2.24) is 0 Å². The average Bonchev–Trinajstić information content (AvgIpc) is 3.10. The minimum atomic E-state index is -0.889. The molecular weight excluding hydrogens is 692 g/mol. The van der Waals surface area contributed by atoms with Crippen LogP contribution in [0.3, 0.4) is 0 Å². The molecule has 6 rings (SSSR count). The van der Waals surface area contributed by atoms with E-state index in [9.17, 15) is 24.6 Å². The van der Waals surface area contributed by atoms with Gasteiger partial charge in [0.1, 0.15) is 66.2 Å². The lowest BCUT2D eigenvalue weighted by Gasteiger charge is -2.48. The van der Waals surface area contributed by atoms with Gasteiger partial charge in [-0.25, -0.2) is 4.79 Å². The van der Waals surface area contributed by atoms with Gasteiger partial charge < -0.3 is 52.8 Å². The van der Waals surface area contributed by atoms with Crippen molar-refractivity contribution in [3.8, 4) is 23.0 Å². The fourth-order valence-corrected chi connectivity index (χ4v) is 7.27. The second-order valence-corrected chi connectivity index (χ2v) is 14.4. The second kappa shape index (κ2) is 16.0. The Balaban J connectivity index is 1.16. The highest BCUT2D eigenvalue weighted by Gasteiger charge is 2.48. The van der Waals surface area contributed by atoms with Crippen molar-refractivity contribution < 1.29 is 67.2 Å². The zero-order valence-electron chi connectivity index (χ0n) is 30.7. The number of ketones is 1. The van der Waals surface area contributed by atoms with Crippen molar-refractivity contribution in [2.75, 3.05) is 26.9 Å². The summed E-state index contributed by atoms with van der Waals surface area (Å²) < 4.78 is 52.9. The van der Waals surface area contributed by atoms with Gasteiger partial charge in [-0.1, -0.05) is 12.6 Å². The molecule has 4 aliphatic heterocycles. The van der Waals surface area contributed by atoms with Crippen molar-refractivity contribution in [3.63, 3.8) is 0 Å². The summed E-state index contributed by atoms with van der Waals surface area (Å²) in [6.07, 6.45) is -1.78. The molecule has 8 atom stereocenters. The number of benzene rings is 2. The molecule has 53 heavy (non-hydrogen) atoms. The zero-order valence-corrected chi connectivity index (χ0v) is 30.7. The number of esters is 2. The van der Waals surface area contributed by atoms with E-state index in [4.69, 9.17) is 42.6 Å². The molecule has 2 aromatic rings. The Morgan fingerprint density at radius 2 is 1.81 bits per heavy atom. The molecule has 7 unspecified atom stereocenters. The number of phenolic OH excluding ortho intramolecular Hbond substituents is 2. The molecule has 0 saturated carbocycles. The van der Waals surface area contributed by atoms with Crippen molar-refractivity contribution >= 4 is 17.7 Å². The topological polar surface area (TPSA) is 175 Å². The van der Waals surface area contributed by atoms with E-state index < -0.39 is 42.3 Å². The quantitative estimate of drug-likeness (QED) is 0.228. The zero-order chi connectivity index (χ0) is 38.0. The van der Waals surface area contributed by atoms with Crippen LogP contribution in [0.5, 0.6) is 23.0 Å². The highest BCUT2D eigenvalue weighted by atomic mass is 16.7. The van der Waals surface area contributed by atoms with Gasteiger partial charge in [0.2, 0.25) is 0 Å². The molecule has 0 bridgehead atoms. The van der Waals surface area contributed by atoms with Gasteiger partial charge in [0.05, 0.1) is 44.6 Å². The minimum Gasteiger partial charge on any atom is -0.508 e. The standard InChI is InChI=1S/C39H48O14/c1-20(11-32-29(50-22(3)40)10-7-21(2)49-32)17-46-24-13-27(42)37-28(43)15-30(51-33(37)14-24)23-8-9-26(41)25(12-23)31-16-34(47-19-36(44)45-6)38-35(52-31)18-48-39(4,5)53-38/h8-9,12-14,21,29-32,34-35,38,41-42H,1,7,10-11,15-19H2,2-6H3/t21-,29?,30?,31?,32?,34?,35?,38?/m0/s1. The molecule has 4 heterocycles. The van der Waals surface area contributed by atoms with Crippen LogP contribution >= 0.6 is 0 Å². The number of carbonyl (C=O) groups excluding carboxylic acids is 3. The van der Waals surface area contributed by atoms with Gasteiger partial charge >= 0.3 is 11.9 Å². The van der Waals surface area contributed by atoms with E-state index in [0.29, 0.717) is 29.5 Å². The van der Waals surface area contributed by atoms with Crippen LogP contribution in [0.4, 0.5) is 0 Å². The van der Waals surface area contributed by atoms with Crippen LogP contribution in [-0.4, -0.2) is 97.3 Å². The summed E-state index contributed by atoms with van der Waals surface area (Å²) in [7, 11) is 1.28. The number of Topliss-reactive ketones (excluding diaryl/α,β-unsaturated/α-hetero) is 1. The monoisotopic (exact) mass is 740 g/mol. The van der Waals surface area contributed by atoms with Crippen LogP contribution < -0.4 is 9.47 Å². The second-order valence-electron chi connectivity index (χ2n) is 14.4. The number of methoxy groups -OCH3 is 1. The van der Waals surface area contributed by atoms with Gasteiger partial charge in [-0.3, -0.25) is 9.59 Å². The van der Waals surface area contributed by atoms with Crippen molar-refractivity contribution in [1.29, 1.82) is 0 Å². The SMILES string of the molecule is C=C(COc1cc(O)c2c(c1)OC(c1ccc(O)c(C3CC(OCC(=O)OC)C4OC(C)(C)OCC4O3)c1)CC2=O)CC1O[C@@H](C)CCC1OC(C)=O. The number of carbonyl (C=O) groups is 3. The molecule has 2 N–H and O–H groups in total. The van der Waals surface area contributed by atoms with Crippen molar-refractivity contribution in [3.05, 3.63) is 59.2 Å². The lowest BCUT2D eigenvalue weighted by Crippen LogP contribution is -2.58. The minimum absolute atomic E-state index is 0.0191. The van der Waals surface area contributed by atoms with E-state index in [1.54, 1.807) is 32.0 Å². The fraction of sp³-hybridized carbons (Fsp3) is 0.564. The third-order valence-electron chi connectivity index (χ3n) is 9.85. The Labute approximate surface area is 308 Å². The molecule has 0 aliphatic carbocycles. The Morgan fingerprint density at radius 1 is 1.02 bits per heavy atom. The summed E-state index contributed by atoms with van der Waals surface area (Å²) >= 11 is 0. The molecule has 0 amide bonds. The highest BCUT2D eigenvalue weighted by Crippen LogP contribution is 2.45. The number of ether oxygens (including phenoxy) is 9. The predicted molar refractivity (Wildman–Crippen MR) is 186 cm³/mol. The van der Waals surface area contributed by atoms with E-state index in [0.717, 1.165) is 6.42 Å². The lowest BCUT2D eigenvalue weighted by molar-refractivity contribution is -0.348. The molecule has 0 spiro atoms. The fourth-order valence-electron chi connectivity index (χ4n) is 7.27. The van der Waals surface area contributed by atoms with Crippen LogP contribution in [0, 0.1) is 0 Å². The van der Waals surface area contributed by atoms with Gasteiger partial charge in [-0.2, -0.15) is 0 Å². The van der Waals surface area contributed by atoms with Crippen LogP contribution in [0.1, 0.15) is 93.5 Å². The Hall–Kier alpha value is -4.21. The van der Waals surface area contributed by atoms with Gasteiger partial charge in [-0.15, -0.1) is 0 Å². The summed E-state index contributed by atoms with van der Waals surface area (Å²) in [5.41, 5.74) is 1.77.